The molecule has 1 amide bonds. The van der Waals surface area contributed by atoms with Crippen LogP contribution >= 0.6 is 11.6 Å². The molecule has 1 aromatic carbocycles. The van der Waals surface area contributed by atoms with E-state index in [0.717, 1.165) is 5.69 Å². The Labute approximate surface area is 199 Å². The first-order valence-corrected chi connectivity index (χ1v) is 10.8. The van der Waals surface area contributed by atoms with Gasteiger partial charge in [-0.25, -0.2) is 9.78 Å². The van der Waals surface area contributed by atoms with E-state index in [4.69, 9.17) is 16.3 Å². The zero-order chi connectivity index (χ0) is 24.2. The zero-order valence-corrected chi connectivity index (χ0v) is 19.3. The van der Waals surface area contributed by atoms with Gasteiger partial charge in [-0.1, -0.05) is 17.7 Å². The second-order valence-electron chi connectivity index (χ2n) is 7.35. The number of ether oxygens (including phenoxy) is 1. The molecule has 0 atom stereocenters. The third-order valence-corrected chi connectivity index (χ3v) is 5.68. The van der Waals surface area contributed by atoms with Crippen molar-refractivity contribution >= 4 is 29.1 Å². The Morgan fingerprint density at radius 2 is 2.03 bits per heavy atom. The van der Waals surface area contributed by atoms with Crippen LogP contribution in [0, 0.1) is 0 Å². The largest absolute Gasteiger partial charge is 0.496 e. The second kappa shape index (κ2) is 9.80. The highest BCUT2D eigenvalue weighted by atomic mass is 35.5. The van der Waals surface area contributed by atoms with Crippen LogP contribution in [-0.2, 0) is 6.54 Å². The summed E-state index contributed by atoms with van der Waals surface area (Å²) in [6.07, 6.45) is 5.07. The number of pyridine rings is 2. The Balaban J connectivity index is 1.51. The summed E-state index contributed by atoms with van der Waals surface area (Å²) in [5, 5.41) is 13.3. The number of fused-ring (bicyclic) bond motifs is 1. The van der Waals surface area contributed by atoms with Crippen molar-refractivity contribution in [3.8, 4) is 17.0 Å². The number of hydrogen-bond donors (Lipinski definition) is 2. The van der Waals surface area contributed by atoms with Gasteiger partial charge in [-0.05, 0) is 36.4 Å². The van der Waals surface area contributed by atoms with Gasteiger partial charge in [0, 0.05) is 38.1 Å². The van der Waals surface area contributed by atoms with Crippen LogP contribution in [0.2, 0.25) is 5.02 Å². The highest BCUT2D eigenvalue weighted by Crippen LogP contribution is 2.36. The number of imidazole rings is 1. The number of methoxy groups -OCH3 is 1. The van der Waals surface area contributed by atoms with E-state index in [0.29, 0.717) is 39.4 Å². The maximum absolute atomic E-state index is 12.7. The van der Waals surface area contributed by atoms with E-state index in [1.54, 1.807) is 61.6 Å². The molecular weight excluding hydrogens is 458 g/mol. The molecule has 0 saturated carbocycles. The van der Waals surface area contributed by atoms with Crippen molar-refractivity contribution in [3.63, 3.8) is 0 Å². The molecule has 0 unspecified atom stereocenters. The molecule has 9 nitrogen and oxygen atoms in total. The molecule has 34 heavy (non-hydrogen) atoms. The molecule has 4 rings (SSSR count). The van der Waals surface area contributed by atoms with Crippen LogP contribution in [0.1, 0.15) is 20.8 Å². The lowest BCUT2D eigenvalue weighted by molar-refractivity contribution is 0.0684. The fourth-order valence-corrected chi connectivity index (χ4v) is 3.92. The first-order chi connectivity index (χ1) is 16.4. The second-order valence-corrected chi connectivity index (χ2v) is 7.76. The Bertz CT molecular complexity index is 1460. The Morgan fingerprint density at radius 1 is 1.21 bits per heavy atom. The number of nitrogens with one attached hydrogen (secondary N) is 1. The summed E-state index contributed by atoms with van der Waals surface area (Å²) < 4.78 is 8.83. The molecule has 4 aromatic rings. The average Bonchev–Trinajstić information content (AvgIpc) is 3.26. The Morgan fingerprint density at radius 3 is 2.76 bits per heavy atom. The number of halogens is 1. The summed E-state index contributed by atoms with van der Waals surface area (Å²) in [6, 6.07) is 12.0. The lowest BCUT2D eigenvalue weighted by atomic mass is 10.1. The quantitative estimate of drug-likeness (QED) is 0.423. The van der Waals surface area contributed by atoms with Gasteiger partial charge in [0.25, 0.3) is 5.91 Å². The first-order valence-electron chi connectivity index (χ1n) is 10.4. The first kappa shape index (κ1) is 23.1. The van der Waals surface area contributed by atoms with Crippen LogP contribution in [0.15, 0.2) is 66.0 Å². The number of nitrogens with zero attached hydrogens (tertiary/aromatic N) is 4. The van der Waals surface area contributed by atoms with Gasteiger partial charge in [-0.2, -0.15) is 0 Å². The van der Waals surface area contributed by atoms with Crippen LogP contribution in [0.25, 0.3) is 16.9 Å². The number of benzene rings is 1. The summed E-state index contributed by atoms with van der Waals surface area (Å²) >= 11 is 6.41. The van der Waals surface area contributed by atoms with Gasteiger partial charge in [0.2, 0.25) is 0 Å². The monoisotopic (exact) mass is 479 g/mol. The van der Waals surface area contributed by atoms with Crippen molar-refractivity contribution < 1.29 is 19.4 Å². The maximum atomic E-state index is 12.7. The van der Waals surface area contributed by atoms with Crippen LogP contribution in [0.5, 0.6) is 5.75 Å². The van der Waals surface area contributed by atoms with Crippen molar-refractivity contribution in [2.75, 3.05) is 20.7 Å². The van der Waals surface area contributed by atoms with Crippen molar-refractivity contribution in [2.45, 2.75) is 6.54 Å². The normalized spacial score (nSPS) is 11.6. The van der Waals surface area contributed by atoms with Gasteiger partial charge < -0.3 is 19.7 Å². The predicted octanol–water partition coefficient (Wildman–Crippen LogP) is 3.12. The fourth-order valence-electron chi connectivity index (χ4n) is 3.66. The minimum atomic E-state index is -1.06. The van der Waals surface area contributed by atoms with Crippen molar-refractivity contribution in [1.29, 1.82) is 0 Å². The molecule has 0 aliphatic rings. The molecule has 0 radical (unpaired) electrons. The smallest absolute Gasteiger partial charge is 0.352 e. The highest BCUT2D eigenvalue weighted by Gasteiger charge is 2.16. The van der Waals surface area contributed by atoms with Gasteiger partial charge in [-0.15, -0.1) is 0 Å². The van der Waals surface area contributed by atoms with E-state index in [9.17, 15) is 14.7 Å². The van der Waals surface area contributed by atoms with E-state index in [1.807, 2.05) is 16.5 Å². The molecular formula is C24H22ClN5O4. The molecule has 0 aliphatic carbocycles. The van der Waals surface area contributed by atoms with Gasteiger partial charge in [0.05, 0.1) is 34.9 Å². The van der Waals surface area contributed by atoms with Crippen LogP contribution in [0.3, 0.4) is 0 Å². The molecule has 3 heterocycles. The van der Waals surface area contributed by atoms with Gasteiger partial charge in [0.1, 0.15) is 17.1 Å². The SMILES string of the molecule is CN=c1ccn(CCNC(=O)c2ccn3c(-c4c(Cl)cccc4OC)cnc3c2)c(C(=O)O)c1. The summed E-state index contributed by atoms with van der Waals surface area (Å²) in [6.45, 7) is 0.535. The zero-order valence-electron chi connectivity index (χ0n) is 18.5. The minimum Gasteiger partial charge on any atom is -0.496 e. The molecule has 0 saturated heterocycles. The van der Waals surface area contributed by atoms with Gasteiger partial charge in [-0.3, -0.25) is 14.2 Å². The number of hydrogen-bond acceptors (Lipinski definition) is 5. The lowest BCUT2D eigenvalue weighted by Gasteiger charge is -2.12. The minimum absolute atomic E-state index is 0.0960. The number of carboxylic acids is 1. The highest BCUT2D eigenvalue weighted by molar-refractivity contribution is 6.33. The number of rotatable bonds is 7. The lowest BCUT2D eigenvalue weighted by Crippen LogP contribution is -2.29. The van der Waals surface area contributed by atoms with Crippen molar-refractivity contribution in [1.82, 2.24) is 19.3 Å². The number of carbonyl (C=O) groups excluding carboxylic acids is 1. The van der Waals surface area contributed by atoms with Crippen molar-refractivity contribution in [2.24, 2.45) is 4.99 Å². The molecule has 0 aliphatic heterocycles. The van der Waals surface area contributed by atoms with E-state index in [1.165, 1.54) is 6.07 Å². The number of carbonyl (C=O) groups is 2. The standard InChI is InChI=1S/C24H22ClN5O4/c1-26-16-7-9-29(18(13-16)24(32)33)11-8-27-23(31)15-6-10-30-19(14-28-21(30)12-15)22-17(25)4-3-5-20(22)34-2/h3-7,9-10,12-14H,8,11H2,1-2H3,(H,27,31)(H,32,33). The molecule has 0 spiro atoms. The van der Waals surface area contributed by atoms with Crippen LogP contribution < -0.4 is 15.4 Å². The van der Waals surface area contributed by atoms with Gasteiger partial charge >= 0.3 is 5.97 Å². The molecule has 174 valence electrons. The molecule has 3 aromatic heterocycles. The van der Waals surface area contributed by atoms with E-state index >= 15 is 0 Å². The molecule has 0 fully saturated rings. The Kier molecular flexibility index (Phi) is 6.65. The topological polar surface area (TPSA) is 110 Å². The number of amides is 1. The number of aromatic nitrogens is 3. The fraction of sp³-hybridized carbons (Fsp3) is 0.167. The van der Waals surface area contributed by atoms with Crippen molar-refractivity contribution in [3.05, 3.63) is 82.7 Å². The van der Waals surface area contributed by atoms with E-state index in [-0.39, 0.29) is 18.1 Å². The number of carboxylic acid groups (broad SMARTS) is 1. The predicted molar refractivity (Wildman–Crippen MR) is 127 cm³/mol. The summed E-state index contributed by atoms with van der Waals surface area (Å²) in [5.74, 6) is -0.734. The number of aromatic carboxylic acids is 1. The van der Waals surface area contributed by atoms with E-state index in [2.05, 4.69) is 15.3 Å². The Hall–Kier alpha value is -4.11. The van der Waals surface area contributed by atoms with Crippen LogP contribution in [-0.4, -0.2) is 51.6 Å². The van der Waals surface area contributed by atoms with Crippen LogP contribution in [0.4, 0.5) is 0 Å². The van der Waals surface area contributed by atoms with E-state index < -0.39 is 5.97 Å². The third-order valence-electron chi connectivity index (χ3n) is 5.36. The molecule has 10 heteroatoms. The summed E-state index contributed by atoms with van der Waals surface area (Å²) in [5.41, 5.74) is 2.55. The summed E-state index contributed by atoms with van der Waals surface area (Å²) in [4.78, 5) is 32.6. The summed E-state index contributed by atoms with van der Waals surface area (Å²) in [7, 11) is 3.17. The molecule has 0 bridgehead atoms. The molecule has 2 N–H and O–H groups in total. The average molecular weight is 480 g/mol. The third kappa shape index (κ3) is 4.51. The van der Waals surface area contributed by atoms with Gasteiger partial charge in [0.15, 0.2) is 0 Å². The maximum Gasteiger partial charge on any atom is 0.352 e.